The van der Waals surface area contributed by atoms with Gasteiger partial charge in [0.05, 0.1) is 12.7 Å². The van der Waals surface area contributed by atoms with Crippen LogP contribution >= 0.6 is 0 Å². The molecule has 0 saturated carbocycles. The second-order valence-corrected chi connectivity index (χ2v) is 6.66. The Morgan fingerprint density at radius 2 is 2.14 bits per heavy atom. The van der Waals surface area contributed by atoms with Crippen LogP contribution in [0.2, 0.25) is 0 Å². The van der Waals surface area contributed by atoms with Crippen molar-refractivity contribution in [3.63, 3.8) is 0 Å². The summed E-state index contributed by atoms with van der Waals surface area (Å²) in [4.78, 5) is 0. The predicted octanol–water partition coefficient (Wildman–Crippen LogP) is 2.66. The van der Waals surface area contributed by atoms with Gasteiger partial charge < -0.3 is 19.9 Å². The number of rotatable bonds is 3. The molecular formula is C17H25NO3. The Morgan fingerprint density at radius 3 is 2.86 bits per heavy atom. The fourth-order valence-corrected chi connectivity index (χ4v) is 3.16. The highest BCUT2D eigenvalue weighted by atomic mass is 16.5. The summed E-state index contributed by atoms with van der Waals surface area (Å²) >= 11 is 0. The van der Waals surface area contributed by atoms with Crippen LogP contribution in [0.25, 0.3) is 0 Å². The summed E-state index contributed by atoms with van der Waals surface area (Å²) in [6, 6.07) is 5.79. The summed E-state index contributed by atoms with van der Waals surface area (Å²) < 4.78 is 12.1. The summed E-state index contributed by atoms with van der Waals surface area (Å²) in [6.07, 6.45) is 2.14. The molecule has 1 aromatic rings. The second kappa shape index (κ2) is 5.85. The number of ether oxygens (including phenoxy) is 2. The third-order valence-corrected chi connectivity index (χ3v) is 4.33. The lowest BCUT2D eigenvalue weighted by Gasteiger charge is -2.43. The first-order valence-electron chi connectivity index (χ1n) is 7.92. The maximum absolute atomic E-state index is 10.4. The molecule has 4 heteroatoms. The van der Waals surface area contributed by atoms with Crippen LogP contribution in [-0.4, -0.2) is 30.4 Å². The summed E-state index contributed by atoms with van der Waals surface area (Å²) in [5, 5.41) is 13.8. The minimum Gasteiger partial charge on any atom is -0.493 e. The first kappa shape index (κ1) is 14.7. The number of hydrogen-bond donors (Lipinski definition) is 2. The summed E-state index contributed by atoms with van der Waals surface area (Å²) in [6.45, 7) is 6.85. The van der Waals surface area contributed by atoms with E-state index in [1.165, 1.54) is 0 Å². The van der Waals surface area contributed by atoms with Gasteiger partial charge in [0.2, 0.25) is 0 Å². The van der Waals surface area contributed by atoms with Gasteiger partial charge in [-0.15, -0.1) is 0 Å². The lowest BCUT2D eigenvalue weighted by atomic mass is 9.82. The number of nitrogens with one attached hydrogen (secondary N) is 1. The van der Waals surface area contributed by atoms with Crippen molar-refractivity contribution >= 4 is 0 Å². The fraction of sp³-hybridized carbons (Fsp3) is 0.647. The van der Waals surface area contributed by atoms with Gasteiger partial charge in [-0.2, -0.15) is 0 Å². The zero-order valence-electron chi connectivity index (χ0n) is 12.9. The smallest absolute Gasteiger partial charge is 0.129 e. The van der Waals surface area contributed by atoms with Crippen molar-refractivity contribution in [1.29, 1.82) is 0 Å². The standard InChI is InChI=1S/C17H25NO3/c1-12(2)11-20-13-3-4-14-15(19)10-17(21-16(14)9-13)5-7-18-8-6-17/h3-4,9,12,15,18-19H,5-8,10-11H2,1-2H3. The average Bonchev–Trinajstić information content (AvgIpc) is 2.45. The zero-order chi connectivity index (χ0) is 14.9. The molecule has 1 aromatic carbocycles. The molecule has 1 saturated heterocycles. The number of aliphatic hydroxyl groups excluding tert-OH is 1. The van der Waals surface area contributed by atoms with Crippen LogP contribution in [-0.2, 0) is 0 Å². The van der Waals surface area contributed by atoms with Gasteiger partial charge in [0.25, 0.3) is 0 Å². The minimum absolute atomic E-state index is 0.214. The lowest BCUT2D eigenvalue weighted by Crippen LogP contribution is -2.49. The number of hydrogen-bond acceptors (Lipinski definition) is 4. The number of fused-ring (bicyclic) bond motifs is 1. The fourth-order valence-electron chi connectivity index (χ4n) is 3.16. The number of benzene rings is 1. The number of piperidine rings is 1. The molecule has 3 rings (SSSR count). The molecule has 0 radical (unpaired) electrons. The Labute approximate surface area is 126 Å². The van der Waals surface area contributed by atoms with Crippen LogP contribution < -0.4 is 14.8 Å². The van der Waals surface area contributed by atoms with E-state index in [0.29, 0.717) is 18.9 Å². The van der Waals surface area contributed by atoms with Crippen molar-refractivity contribution in [1.82, 2.24) is 5.32 Å². The maximum Gasteiger partial charge on any atom is 0.129 e. The molecule has 2 aliphatic rings. The highest BCUT2D eigenvalue weighted by Crippen LogP contribution is 2.44. The first-order valence-corrected chi connectivity index (χ1v) is 7.92. The van der Waals surface area contributed by atoms with Crippen LogP contribution in [0.3, 0.4) is 0 Å². The van der Waals surface area contributed by atoms with Crippen molar-refractivity contribution < 1.29 is 14.6 Å². The van der Waals surface area contributed by atoms with E-state index >= 15 is 0 Å². The van der Waals surface area contributed by atoms with Crippen LogP contribution in [0.1, 0.15) is 44.8 Å². The van der Waals surface area contributed by atoms with E-state index in [2.05, 4.69) is 19.2 Å². The van der Waals surface area contributed by atoms with E-state index in [1.54, 1.807) is 0 Å². The van der Waals surface area contributed by atoms with Gasteiger partial charge in [0.15, 0.2) is 0 Å². The summed E-state index contributed by atoms with van der Waals surface area (Å²) in [5.74, 6) is 2.10. The largest absolute Gasteiger partial charge is 0.493 e. The molecule has 1 fully saturated rings. The van der Waals surface area contributed by atoms with Crippen molar-refractivity contribution in [3.8, 4) is 11.5 Å². The van der Waals surface area contributed by atoms with Gasteiger partial charge in [-0.25, -0.2) is 0 Å². The van der Waals surface area contributed by atoms with Gasteiger partial charge >= 0.3 is 0 Å². The Balaban J connectivity index is 1.81. The summed E-state index contributed by atoms with van der Waals surface area (Å²) in [5.41, 5.74) is 0.671. The topological polar surface area (TPSA) is 50.7 Å². The van der Waals surface area contributed by atoms with Gasteiger partial charge in [-0.1, -0.05) is 13.8 Å². The predicted molar refractivity (Wildman–Crippen MR) is 81.8 cm³/mol. The lowest BCUT2D eigenvalue weighted by molar-refractivity contribution is -0.0338. The molecule has 0 aromatic heterocycles. The maximum atomic E-state index is 10.4. The highest BCUT2D eigenvalue weighted by molar-refractivity contribution is 5.44. The van der Waals surface area contributed by atoms with E-state index in [1.807, 2.05) is 18.2 Å². The average molecular weight is 291 g/mol. The second-order valence-electron chi connectivity index (χ2n) is 6.66. The van der Waals surface area contributed by atoms with Crippen molar-refractivity contribution in [2.45, 2.75) is 44.8 Å². The molecule has 0 aliphatic carbocycles. The van der Waals surface area contributed by atoms with Crippen LogP contribution in [0.5, 0.6) is 11.5 Å². The summed E-state index contributed by atoms with van der Waals surface area (Å²) in [7, 11) is 0. The molecule has 2 aliphatic heterocycles. The van der Waals surface area contributed by atoms with E-state index in [4.69, 9.17) is 9.47 Å². The highest BCUT2D eigenvalue weighted by Gasteiger charge is 2.41. The Bertz CT molecular complexity index is 495. The quantitative estimate of drug-likeness (QED) is 0.899. The van der Waals surface area contributed by atoms with Crippen LogP contribution in [0.15, 0.2) is 18.2 Å². The Morgan fingerprint density at radius 1 is 1.38 bits per heavy atom. The van der Waals surface area contributed by atoms with Gasteiger partial charge in [-0.3, -0.25) is 0 Å². The molecule has 0 bridgehead atoms. The third-order valence-electron chi connectivity index (χ3n) is 4.33. The minimum atomic E-state index is -0.439. The zero-order valence-corrected chi connectivity index (χ0v) is 12.9. The van der Waals surface area contributed by atoms with E-state index in [0.717, 1.165) is 43.0 Å². The molecule has 2 N–H and O–H groups in total. The first-order chi connectivity index (χ1) is 10.1. The molecule has 21 heavy (non-hydrogen) atoms. The molecule has 1 spiro atoms. The molecule has 0 amide bonds. The molecule has 4 nitrogen and oxygen atoms in total. The molecule has 2 heterocycles. The van der Waals surface area contributed by atoms with Crippen LogP contribution in [0, 0.1) is 5.92 Å². The van der Waals surface area contributed by atoms with Crippen molar-refractivity contribution in [2.24, 2.45) is 5.92 Å². The monoisotopic (exact) mass is 291 g/mol. The Kier molecular flexibility index (Phi) is 4.09. The molecule has 116 valence electrons. The van der Waals surface area contributed by atoms with Gasteiger partial charge in [-0.05, 0) is 44.0 Å². The molecule has 1 unspecified atom stereocenters. The van der Waals surface area contributed by atoms with E-state index in [9.17, 15) is 5.11 Å². The third kappa shape index (κ3) is 3.16. The normalized spacial score (nSPS) is 23.7. The number of aliphatic hydroxyl groups is 1. The molecule has 1 atom stereocenters. The van der Waals surface area contributed by atoms with Crippen molar-refractivity contribution in [2.75, 3.05) is 19.7 Å². The van der Waals surface area contributed by atoms with E-state index < -0.39 is 6.10 Å². The SMILES string of the molecule is CC(C)COc1ccc2c(c1)OC1(CCNCC1)CC2O. The molecular weight excluding hydrogens is 266 g/mol. The van der Waals surface area contributed by atoms with Crippen LogP contribution in [0.4, 0.5) is 0 Å². The van der Waals surface area contributed by atoms with Gasteiger partial charge in [0.1, 0.15) is 17.1 Å². The Hall–Kier alpha value is -1.26. The van der Waals surface area contributed by atoms with E-state index in [-0.39, 0.29) is 5.60 Å². The van der Waals surface area contributed by atoms with Gasteiger partial charge in [0, 0.05) is 18.1 Å². The van der Waals surface area contributed by atoms with Crippen molar-refractivity contribution in [3.05, 3.63) is 23.8 Å².